The van der Waals surface area contributed by atoms with Gasteiger partial charge in [-0.05, 0) is 19.4 Å². The third-order valence-corrected chi connectivity index (χ3v) is 2.26. The van der Waals surface area contributed by atoms with Crippen LogP contribution in [0.25, 0.3) is 0 Å². The number of hydrogen-bond acceptors (Lipinski definition) is 5. The number of ether oxygens (including phenoxy) is 1. The van der Waals surface area contributed by atoms with Crippen LogP contribution >= 0.6 is 0 Å². The minimum Gasteiger partial charge on any atom is -0.480 e. The lowest BCUT2D eigenvalue weighted by Crippen LogP contribution is -2.27. The number of nitrogens with two attached hydrogens (primary N) is 1. The van der Waals surface area contributed by atoms with Gasteiger partial charge in [0.25, 0.3) is 0 Å². The molecule has 0 aliphatic carbocycles. The van der Waals surface area contributed by atoms with E-state index in [-0.39, 0.29) is 0 Å². The van der Waals surface area contributed by atoms with Gasteiger partial charge in [-0.1, -0.05) is 6.92 Å². The van der Waals surface area contributed by atoms with Crippen LogP contribution in [0.1, 0.15) is 19.8 Å². The second-order valence-corrected chi connectivity index (χ2v) is 3.55. The third kappa shape index (κ3) is 3.66. The van der Waals surface area contributed by atoms with E-state index < -0.39 is 0 Å². The zero-order valence-corrected chi connectivity index (χ0v) is 10.0. The molecule has 0 aliphatic rings. The van der Waals surface area contributed by atoms with Crippen molar-refractivity contribution in [3.63, 3.8) is 0 Å². The molecule has 0 amide bonds. The van der Waals surface area contributed by atoms with Gasteiger partial charge in [-0.3, -0.25) is 4.98 Å². The van der Waals surface area contributed by atoms with E-state index in [9.17, 15) is 0 Å². The molecule has 5 nitrogen and oxygen atoms in total. The van der Waals surface area contributed by atoms with Crippen molar-refractivity contribution in [1.82, 2.24) is 9.97 Å². The van der Waals surface area contributed by atoms with E-state index in [0.717, 1.165) is 31.7 Å². The molecule has 5 heteroatoms. The molecule has 2 N–H and O–H groups in total. The molecule has 0 spiro atoms. The van der Waals surface area contributed by atoms with Gasteiger partial charge in [0.05, 0.1) is 19.5 Å². The number of hydrogen-bond donors (Lipinski definition) is 1. The lowest BCUT2D eigenvalue weighted by Gasteiger charge is -2.22. The van der Waals surface area contributed by atoms with E-state index in [1.54, 1.807) is 19.5 Å². The summed E-state index contributed by atoms with van der Waals surface area (Å²) in [5.41, 5.74) is 5.52. The summed E-state index contributed by atoms with van der Waals surface area (Å²) in [5.74, 6) is 1.40. The van der Waals surface area contributed by atoms with E-state index >= 15 is 0 Å². The van der Waals surface area contributed by atoms with E-state index in [2.05, 4.69) is 21.8 Å². The second-order valence-electron chi connectivity index (χ2n) is 3.55. The predicted octanol–water partition coefficient (Wildman–Crippen LogP) is 1.05. The van der Waals surface area contributed by atoms with Gasteiger partial charge in [0.2, 0.25) is 5.88 Å². The SMILES string of the molecule is CCCN(CCCN)c1cncc(OC)n1. The van der Waals surface area contributed by atoms with Crippen molar-refractivity contribution in [3.05, 3.63) is 12.4 Å². The molecular formula is C11H20N4O. The molecule has 0 unspecified atom stereocenters. The average molecular weight is 224 g/mol. The second kappa shape index (κ2) is 7.00. The number of methoxy groups -OCH3 is 1. The summed E-state index contributed by atoms with van der Waals surface area (Å²) in [6.45, 7) is 4.70. The van der Waals surface area contributed by atoms with Crippen LogP contribution in [-0.2, 0) is 0 Å². The first-order valence-electron chi connectivity index (χ1n) is 5.62. The lowest BCUT2D eigenvalue weighted by atomic mass is 10.3. The molecule has 1 aromatic heterocycles. The van der Waals surface area contributed by atoms with Crippen molar-refractivity contribution in [3.8, 4) is 5.88 Å². The highest BCUT2D eigenvalue weighted by atomic mass is 16.5. The van der Waals surface area contributed by atoms with E-state index in [0.29, 0.717) is 12.4 Å². The van der Waals surface area contributed by atoms with Crippen LogP contribution in [0, 0.1) is 0 Å². The van der Waals surface area contributed by atoms with E-state index in [1.807, 2.05) is 0 Å². The van der Waals surface area contributed by atoms with Gasteiger partial charge in [-0.2, -0.15) is 4.98 Å². The van der Waals surface area contributed by atoms with Crippen LogP contribution in [0.2, 0.25) is 0 Å². The molecule has 16 heavy (non-hydrogen) atoms. The van der Waals surface area contributed by atoms with Gasteiger partial charge in [-0.15, -0.1) is 0 Å². The Labute approximate surface area is 96.6 Å². The Morgan fingerprint density at radius 3 is 2.81 bits per heavy atom. The highest BCUT2D eigenvalue weighted by Crippen LogP contribution is 2.14. The summed E-state index contributed by atoms with van der Waals surface area (Å²) in [6.07, 6.45) is 5.40. The van der Waals surface area contributed by atoms with Crippen molar-refractivity contribution in [2.75, 3.05) is 31.6 Å². The maximum absolute atomic E-state index is 5.52. The fourth-order valence-electron chi connectivity index (χ4n) is 1.48. The number of nitrogens with zero attached hydrogens (tertiary/aromatic N) is 3. The Morgan fingerprint density at radius 1 is 1.38 bits per heavy atom. The first kappa shape index (κ1) is 12.7. The van der Waals surface area contributed by atoms with Gasteiger partial charge in [-0.25, -0.2) is 0 Å². The topological polar surface area (TPSA) is 64.3 Å². The largest absolute Gasteiger partial charge is 0.480 e. The van der Waals surface area contributed by atoms with Gasteiger partial charge in [0.1, 0.15) is 0 Å². The molecule has 0 saturated carbocycles. The zero-order chi connectivity index (χ0) is 11.8. The Kier molecular flexibility index (Phi) is 5.56. The highest BCUT2D eigenvalue weighted by molar-refractivity contribution is 5.37. The van der Waals surface area contributed by atoms with Gasteiger partial charge in [0.15, 0.2) is 5.82 Å². The number of anilines is 1. The summed E-state index contributed by atoms with van der Waals surface area (Å²) >= 11 is 0. The maximum Gasteiger partial charge on any atom is 0.233 e. The molecule has 0 aliphatic heterocycles. The molecule has 0 radical (unpaired) electrons. The quantitative estimate of drug-likeness (QED) is 0.750. The molecule has 0 aromatic carbocycles. The Hall–Kier alpha value is -1.36. The zero-order valence-electron chi connectivity index (χ0n) is 10.0. The summed E-state index contributed by atoms with van der Waals surface area (Å²) in [6, 6.07) is 0. The maximum atomic E-state index is 5.52. The smallest absolute Gasteiger partial charge is 0.233 e. The Balaban J connectivity index is 2.73. The molecule has 1 aromatic rings. The van der Waals surface area contributed by atoms with Gasteiger partial charge >= 0.3 is 0 Å². The Bertz CT molecular complexity index is 306. The van der Waals surface area contributed by atoms with Gasteiger partial charge < -0.3 is 15.4 Å². The van der Waals surface area contributed by atoms with Crippen molar-refractivity contribution >= 4 is 5.82 Å². The standard InChI is InChI=1S/C11H20N4O/c1-3-6-15(7-4-5-12)10-8-13-9-11(14-10)16-2/h8-9H,3-7,12H2,1-2H3. The minimum absolute atomic E-state index is 0.548. The van der Waals surface area contributed by atoms with Crippen molar-refractivity contribution in [1.29, 1.82) is 0 Å². The fourth-order valence-corrected chi connectivity index (χ4v) is 1.48. The minimum atomic E-state index is 0.548. The highest BCUT2D eigenvalue weighted by Gasteiger charge is 2.07. The van der Waals surface area contributed by atoms with Crippen LogP contribution in [0.4, 0.5) is 5.82 Å². The number of rotatable bonds is 7. The Morgan fingerprint density at radius 2 is 2.19 bits per heavy atom. The first-order chi connectivity index (χ1) is 7.81. The van der Waals surface area contributed by atoms with E-state index in [1.165, 1.54) is 0 Å². The monoisotopic (exact) mass is 224 g/mol. The molecule has 0 bridgehead atoms. The van der Waals surface area contributed by atoms with Crippen molar-refractivity contribution in [2.45, 2.75) is 19.8 Å². The normalized spacial score (nSPS) is 10.2. The first-order valence-corrected chi connectivity index (χ1v) is 5.62. The van der Waals surface area contributed by atoms with E-state index in [4.69, 9.17) is 10.5 Å². The van der Waals surface area contributed by atoms with Crippen molar-refractivity contribution < 1.29 is 4.74 Å². The predicted molar refractivity (Wildman–Crippen MR) is 64.8 cm³/mol. The van der Waals surface area contributed by atoms with Crippen LogP contribution in [0.3, 0.4) is 0 Å². The van der Waals surface area contributed by atoms with Crippen LogP contribution in [0.15, 0.2) is 12.4 Å². The van der Waals surface area contributed by atoms with Gasteiger partial charge in [0, 0.05) is 13.1 Å². The summed E-state index contributed by atoms with van der Waals surface area (Å²) < 4.78 is 5.06. The molecule has 90 valence electrons. The number of aromatic nitrogens is 2. The summed E-state index contributed by atoms with van der Waals surface area (Å²) in [4.78, 5) is 10.7. The summed E-state index contributed by atoms with van der Waals surface area (Å²) in [7, 11) is 1.60. The third-order valence-electron chi connectivity index (χ3n) is 2.26. The van der Waals surface area contributed by atoms with Crippen LogP contribution in [-0.4, -0.2) is 36.7 Å². The molecule has 0 saturated heterocycles. The fraction of sp³-hybridized carbons (Fsp3) is 0.636. The molecule has 0 fully saturated rings. The summed E-state index contributed by atoms with van der Waals surface area (Å²) in [5, 5.41) is 0. The van der Waals surface area contributed by atoms with Crippen LogP contribution < -0.4 is 15.4 Å². The molecule has 1 rings (SSSR count). The average Bonchev–Trinajstić information content (AvgIpc) is 2.34. The lowest BCUT2D eigenvalue weighted by molar-refractivity contribution is 0.395. The van der Waals surface area contributed by atoms with Crippen LogP contribution in [0.5, 0.6) is 5.88 Å². The molecular weight excluding hydrogens is 204 g/mol. The molecule has 0 atom stereocenters. The van der Waals surface area contributed by atoms with Crippen molar-refractivity contribution in [2.24, 2.45) is 5.73 Å². The molecule has 1 heterocycles.